The average Bonchev–Trinajstić information content (AvgIpc) is 3.48. The summed E-state index contributed by atoms with van der Waals surface area (Å²) in [6, 6.07) is 15.8. The molecule has 0 saturated heterocycles. The van der Waals surface area contributed by atoms with Crippen LogP contribution >= 0.6 is 11.3 Å². The average molecular weight is 538 g/mol. The van der Waals surface area contributed by atoms with Crippen LogP contribution in [0.4, 0.5) is 29.7 Å². The Bertz CT molecular complexity index is 1580. The summed E-state index contributed by atoms with van der Waals surface area (Å²) >= 11 is 1.29. The summed E-state index contributed by atoms with van der Waals surface area (Å²) in [5.41, 5.74) is 1.02. The number of hydrogen-bond donors (Lipinski definition) is 2. The Morgan fingerprint density at radius 2 is 1.87 bits per heavy atom. The highest BCUT2D eigenvalue weighted by Gasteiger charge is 2.38. The lowest BCUT2D eigenvalue weighted by molar-refractivity contribution is -0.137. The van der Waals surface area contributed by atoms with Gasteiger partial charge in [-0.25, -0.2) is 9.78 Å². The third-order valence-corrected chi connectivity index (χ3v) is 6.64. The Kier molecular flexibility index (Phi) is 6.37. The van der Waals surface area contributed by atoms with E-state index >= 15 is 0 Å². The highest BCUT2D eigenvalue weighted by molar-refractivity contribution is 7.14. The monoisotopic (exact) mass is 537 g/mol. The quantitative estimate of drug-likeness (QED) is 0.267. The van der Waals surface area contributed by atoms with Crippen molar-refractivity contribution in [2.45, 2.75) is 6.18 Å². The molecule has 0 aliphatic carbocycles. The van der Waals surface area contributed by atoms with Gasteiger partial charge in [0.05, 0.1) is 40.9 Å². The van der Waals surface area contributed by atoms with Gasteiger partial charge in [-0.3, -0.25) is 9.69 Å². The molecule has 4 aromatic rings. The fourth-order valence-corrected chi connectivity index (χ4v) is 4.70. The maximum absolute atomic E-state index is 13.5. The molecular formula is C27H18F3N3O4S. The summed E-state index contributed by atoms with van der Waals surface area (Å²) in [7, 11) is 1.57. The number of benzene rings is 3. The Morgan fingerprint density at radius 1 is 1.11 bits per heavy atom. The smallest absolute Gasteiger partial charge is 0.416 e. The summed E-state index contributed by atoms with van der Waals surface area (Å²) in [6.45, 7) is 0. The molecule has 5 rings (SSSR count). The molecule has 0 bridgehead atoms. The number of aromatic carboxylic acids is 1. The van der Waals surface area contributed by atoms with Crippen LogP contribution < -0.4 is 15.0 Å². The lowest BCUT2D eigenvalue weighted by atomic mass is 10.1. The highest BCUT2D eigenvalue weighted by atomic mass is 32.1. The van der Waals surface area contributed by atoms with Crippen LogP contribution in [0.25, 0.3) is 16.8 Å². The third-order valence-electron chi connectivity index (χ3n) is 5.87. The minimum atomic E-state index is -4.63. The number of anilines is 3. The molecule has 0 spiro atoms. The van der Waals surface area contributed by atoms with Gasteiger partial charge >= 0.3 is 12.1 Å². The molecule has 1 aromatic heterocycles. The zero-order valence-electron chi connectivity index (χ0n) is 19.6. The second kappa shape index (κ2) is 9.67. The first-order valence-electron chi connectivity index (χ1n) is 11.1. The van der Waals surface area contributed by atoms with Gasteiger partial charge in [0.15, 0.2) is 5.13 Å². The van der Waals surface area contributed by atoms with Crippen molar-refractivity contribution in [3.8, 4) is 17.0 Å². The van der Waals surface area contributed by atoms with Crippen molar-refractivity contribution in [3.63, 3.8) is 0 Å². The summed E-state index contributed by atoms with van der Waals surface area (Å²) in [4.78, 5) is 30.5. The number of hydrogen-bond acceptors (Lipinski definition) is 6. The molecular weight excluding hydrogens is 519 g/mol. The molecule has 0 saturated carbocycles. The number of fused-ring (bicyclic) bond motifs is 1. The van der Waals surface area contributed by atoms with Crippen molar-refractivity contribution in [1.82, 2.24) is 4.98 Å². The van der Waals surface area contributed by atoms with E-state index in [1.165, 1.54) is 47.9 Å². The maximum atomic E-state index is 13.5. The Labute approximate surface area is 218 Å². The molecule has 1 aliphatic heterocycles. The number of thiazole rings is 1. The zero-order chi connectivity index (χ0) is 27.0. The summed E-state index contributed by atoms with van der Waals surface area (Å²) in [5.74, 6) is -1.13. The first-order chi connectivity index (χ1) is 18.2. The van der Waals surface area contributed by atoms with Crippen molar-refractivity contribution in [2.24, 2.45) is 0 Å². The van der Waals surface area contributed by atoms with Gasteiger partial charge in [0.2, 0.25) is 0 Å². The summed E-state index contributed by atoms with van der Waals surface area (Å²) < 4.78 is 45.6. The molecule has 2 heterocycles. The number of aromatic nitrogens is 1. The number of alkyl halides is 3. The van der Waals surface area contributed by atoms with Crippen molar-refractivity contribution in [3.05, 3.63) is 95.0 Å². The van der Waals surface area contributed by atoms with Gasteiger partial charge in [0, 0.05) is 22.7 Å². The van der Waals surface area contributed by atoms with Gasteiger partial charge in [0.25, 0.3) is 5.91 Å². The second-order valence-corrected chi connectivity index (χ2v) is 9.05. The number of nitrogens with zero attached hydrogens (tertiary/aromatic N) is 2. The van der Waals surface area contributed by atoms with E-state index in [2.05, 4.69) is 10.3 Å². The Morgan fingerprint density at radius 3 is 2.55 bits per heavy atom. The lowest BCUT2D eigenvalue weighted by Gasteiger charge is -2.19. The number of carboxylic acid groups (broad SMARTS) is 1. The van der Waals surface area contributed by atoms with E-state index in [9.17, 15) is 27.9 Å². The number of nitrogens with one attached hydrogen (secondary N) is 1. The number of halogens is 3. The van der Waals surface area contributed by atoms with Crippen molar-refractivity contribution >= 4 is 45.3 Å². The van der Waals surface area contributed by atoms with Crippen LogP contribution in [0.2, 0.25) is 0 Å². The van der Waals surface area contributed by atoms with Gasteiger partial charge in [-0.05, 0) is 54.6 Å². The molecule has 0 fully saturated rings. The number of carboxylic acids is 1. The second-order valence-electron chi connectivity index (χ2n) is 8.19. The first-order valence-corrected chi connectivity index (χ1v) is 12.0. The van der Waals surface area contributed by atoms with Crippen molar-refractivity contribution in [1.29, 1.82) is 0 Å². The van der Waals surface area contributed by atoms with Crippen LogP contribution in [0.5, 0.6) is 5.75 Å². The Hall–Kier alpha value is -4.64. The van der Waals surface area contributed by atoms with Gasteiger partial charge in [0.1, 0.15) is 5.75 Å². The standard InChI is InChI=1S/C27H18F3N3O4S/c1-37-19-8-5-15(6-9-19)22-14-38-26(32-22)31-13-21-20-10-7-17(27(28,29)30)12-23(20)33(24(21)34)18-4-2-3-16(11-18)25(35)36/h2-14H,1H3,(H,31,32)(H,35,36)/b21-13-. The number of amides is 1. The van der Waals surface area contributed by atoms with Crippen molar-refractivity contribution in [2.75, 3.05) is 17.3 Å². The van der Waals surface area contributed by atoms with Crippen LogP contribution in [0.3, 0.4) is 0 Å². The van der Waals surface area contributed by atoms with Gasteiger partial charge in [-0.15, -0.1) is 11.3 Å². The summed E-state index contributed by atoms with van der Waals surface area (Å²) in [5, 5.41) is 14.6. The van der Waals surface area contributed by atoms with E-state index in [4.69, 9.17) is 4.74 Å². The molecule has 0 unspecified atom stereocenters. The highest BCUT2D eigenvalue weighted by Crippen LogP contribution is 2.44. The van der Waals surface area contributed by atoms with E-state index in [1.54, 1.807) is 19.2 Å². The predicted molar refractivity (Wildman–Crippen MR) is 138 cm³/mol. The van der Waals surface area contributed by atoms with E-state index in [-0.39, 0.29) is 28.1 Å². The Balaban J connectivity index is 1.51. The lowest BCUT2D eigenvalue weighted by Crippen LogP contribution is -2.21. The van der Waals surface area contributed by atoms with Crippen molar-refractivity contribution < 1.29 is 32.6 Å². The van der Waals surface area contributed by atoms with E-state index in [1.807, 2.05) is 17.5 Å². The molecule has 1 amide bonds. The fraction of sp³-hybridized carbons (Fsp3) is 0.0741. The van der Waals surface area contributed by atoms with Gasteiger partial charge < -0.3 is 15.2 Å². The van der Waals surface area contributed by atoms with Crippen LogP contribution in [0.1, 0.15) is 21.5 Å². The minimum absolute atomic E-state index is 0.00141. The minimum Gasteiger partial charge on any atom is -0.497 e. The van der Waals surface area contributed by atoms with Gasteiger partial charge in [-0.1, -0.05) is 12.1 Å². The summed E-state index contributed by atoms with van der Waals surface area (Å²) in [6.07, 6.45) is -3.23. The normalized spacial score (nSPS) is 14.1. The molecule has 192 valence electrons. The molecule has 1 aliphatic rings. The number of carbonyl (C=O) groups is 2. The molecule has 3 aromatic carbocycles. The molecule has 7 nitrogen and oxygen atoms in total. The molecule has 2 N–H and O–H groups in total. The third kappa shape index (κ3) is 4.71. The van der Waals surface area contributed by atoms with Crippen LogP contribution in [-0.2, 0) is 11.0 Å². The van der Waals surface area contributed by atoms with Crippen LogP contribution in [0, 0.1) is 0 Å². The van der Waals surface area contributed by atoms with E-state index < -0.39 is 23.6 Å². The largest absolute Gasteiger partial charge is 0.497 e. The SMILES string of the molecule is COc1ccc(-c2csc(N/C=C3\C(=O)N(c4cccc(C(=O)O)c4)c4cc(C(F)(F)F)ccc43)n2)cc1. The fourth-order valence-electron chi connectivity index (χ4n) is 4.01. The molecule has 0 atom stereocenters. The topological polar surface area (TPSA) is 91.8 Å². The first kappa shape index (κ1) is 25.0. The van der Waals surface area contributed by atoms with Crippen LogP contribution in [0.15, 0.2) is 78.3 Å². The number of methoxy groups -OCH3 is 1. The van der Waals surface area contributed by atoms with E-state index in [0.717, 1.165) is 22.6 Å². The zero-order valence-corrected chi connectivity index (χ0v) is 20.4. The maximum Gasteiger partial charge on any atom is 0.416 e. The number of ether oxygens (including phenoxy) is 1. The molecule has 11 heteroatoms. The number of carbonyl (C=O) groups excluding carboxylic acids is 1. The van der Waals surface area contributed by atoms with Crippen LogP contribution in [-0.4, -0.2) is 29.1 Å². The predicted octanol–water partition coefficient (Wildman–Crippen LogP) is 6.67. The molecule has 38 heavy (non-hydrogen) atoms. The molecule has 0 radical (unpaired) electrons. The van der Waals surface area contributed by atoms with Gasteiger partial charge in [-0.2, -0.15) is 13.2 Å². The number of rotatable bonds is 6. The van der Waals surface area contributed by atoms with E-state index in [0.29, 0.717) is 16.6 Å².